The molecule has 0 aliphatic heterocycles. The van der Waals surface area contributed by atoms with Crippen LogP contribution in [-0.2, 0) is 24.3 Å². The van der Waals surface area contributed by atoms with E-state index in [0.29, 0.717) is 5.56 Å². The molecule has 0 saturated heterocycles. The lowest BCUT2D eigenvalue weighted by Crippen LogP contribution is -2.37. The van der Waals surface area contributed by atoms with E-state index in [1.165, 1.54) is 39.3 Å². The van der Waals surface area contributed by atoms with Crippen LogP contribution in [0.5, 0.6) is 0 Å². The molecule has 2 amide bonds. The normalized spacial score (nSPS) is 11.1. The maximum atomic E-state index is 12.1. The van der Waals surface area contributed by atoms with E-state index >= 15 is 0 Å². The van der Waals surface area contributed by atoms with Crippen LogP contribution < -0.4 is 10.6 Å². The van der Waals surface area contributed by atoms with Crippen LogP contribution in [0.1, 0.15) is 15.9 Å². The van der Waals surface area contributed by atoms with Gasteiger partial charge < -0.3 is 15.4 Å². The Bertz CT molecular complexity index is 773. The topological polar surface area (TPSA) is 122 Å². The molecule has 0 radical (unpaired) electrons. The van der Waals surface area contributed by atoms with E-state index in [9.17, 15) is 22.8 Å². The first-order valence-corrected chi connectivity index (χ1v) is 8.71. The Labute approximate surface area is 146 Å². The van der Waals surface area contributed by atoms with Crippen molar-refractivity contribution in [2.24, 2.45) is 0 Å². The molecule has 0 atom stereocenters. The molecule has 0 aromatic heterocycles. The molecule has 0 aliphatic carbocycles. The third-order valence-corrected chi connectivity index (χ3v) is 5.08. The van der Waals surface area contributed by atoms with Crippen LogP contribution in [0.3, 0.4) is 0 Å². The van der Waals surface area contributed by atoms with Crippen LogP contribution in [0.4, 0.5) is 0 Å². The minimum absolute atomic E-state index is 0.0435. The molecule has 0 fully saturated rings. The van der Waals surface area contributed by atoms with E-state index < -0.39 is 34.4 Å². The lowest BCUT2D eigenvalue weighted by Gasteiger charge is -2.13. The third kappa shape index (κ3) is 5.54. The number of benzene rings is 1. The van der Waals surface area contributed by atoms with Crippen molar-refractivity contribution in [3.8, 4) is 0 Å². The number of carbonyl (C=O) groups excluding carboxylic acids is 3. The van der Waals surface area contributed by atoms with Crippen molar-refractivity contribution in [2.75, 3.05) is 34.3 Å². The Hall–Kier alpha value is -2.46. The van der Waals surface area contributed by atoms with Crippen LogP contribution in [0, 0.1) is 6.92 Å². The van der Waals surface area contributed by atoms with Gasteiger partial charge in [0.1, 0.15) is 0 Å². The summed E-state index contributed by atoms with van der Waals surface area (Å²) in [5.41, 5.74) is 0.551. The van der Waals surface area contributed by atoms with E-state index in [1.54, 1.807) is 6.92 Å². The van der Waals surface area contributed by atoms with Gasteiger partial charge in [-0.3, -0.25) is 9.59 Å². The first-order valence-electron chi connectivity index (χ1n) is 7.27. The molecule has 1 rings (SSSR count). The van der Waals surface area contributed by atoms with Gasteiger partial charge in [0.2, 0.25) is 15.9 Å². The second kappa shape index (κ2) is 8.58. The summed E-state index contributed by atoms with van der Waals surface area (Å²) in [4.78, 5) is 34.6. The highest BCUT2D eigenvalue weighted by Gasteiger charge is 2.21. The number of ether oxygens (including phenoxy) is 1. The second-order valence-electron chi connectivity index (χ2n) is 5.29. The van der Waals surface area contributed by atoms with Crippen LogP contribution in [0.25, 0.3) is 0 Å². The smallest absolute Gasteiger partial charge is 0.338 e. The number of hydrogen-bond acceptors (Lipinski definition) is 6. The van der Waals surface area contributed by atoms with Crippen LogP contribution >= 0.6 is 0 Å². The summed E-state index contributed by atoms with van der Waals surface area (Å²) < 4.78 is 30.2. The van der Waals surface area contributed by atoms with Crippen LogP contribution in [0.2, 0.25) is 0 Å². The van der Waals surface area contributed by atoms with Gasteiger partial charge in [0.25, 0.3) is 5.91 Å². The largest absolute Gasteiger partial charge is 0.452 e. The van der Waals surface area contributed by atoms with Crippen molar-refractivity contribution in [3.63, 3.8) is 0 Å². The summed E-state index contributed by atoms with van der Waals surface area (Å²) in [6.07, 6.45) is 0. The van der Waals surface area contributed by atoms with Gasteiger partial charge >= 0.3 is 5.97 Å². The van der Waals surface area contributed by atoms with Crippen molar-refractivity contribution in [1.29, 1.82) is 0 Å². The molecule has 1 aromatic carbocycles. The van der Waals surface area contributed by atoms with Crippen molar-refractivity contribution in [1.82, 2.24) is 14.9 Å². The highest BCUT2D eigenvalue weighted by atomic mass is 32.2. The highest BCUT2D eigenvalue weighted by molar-refractivity contribution is 7.89. The average Bonchev–Trinajstić information content (AvgIpc) is 2.57. The number of sulfonamides is 1. The van der Waals surface area contributed by atoms with Gasteiger partial charge in [-0.2, -0.15) is 0 Å². The number of esters is 1. The predicted molar refractivity (Wildman–Crippen MR) is 89.4 cm³/mol. The Morgan fingerprint density at radius 2 is 1.80 bits per heavy atom. The summed E-state index contributed by atoms with van der Waals surface area (Å²) in [6.45, 7) is 0.802. The zero-order chi connectivity index (χ0) is 19.2. The van der Waals surface area contributed by atoms with Crippen molar-refractivity contribution < 1.29 is 27.5 Å². The molecule has 0 unspecified atom stereocenters. The van der Waals surface area contributed by atoms with Crippen LogP contribution in [0.15, 0.2) is 23.1 Å². The number of nitrogens with one attached hydrogen (secondary N) is 2. The zero-order valence-electron chi connectivity index (χ0n) is 14.5. The average molecular weight is 371 g/mol. The van der Waals surface area contributed by atoms with E-state index in [1.807, 2.05) is 0 Å². The molecule has 0 saturated carbocycles. The minimum Gasteiger partial charge on any atom is -0.452 e. The van der Waals surface area contributed by atoms with E-state index in [2.05, 4.69) is 10.6 Å². The van der Waals surface area contributed by atoms with Gasteiger partial charge in [-0.1, -0.05) is 6.07 Å². The molecule has 25 heavy (non-hydrogen) atoms. The summed E-state index contributed by atoms with van der Waals surface area (Å²) in [7, 11) is 0.480. The van der Waals surface area contributed by atoms with E-state index in [0.717, 1.165) is 4.31 Å². The fourth-order valence-electron chi connectivity index (χ4n) is 1.72. The van der Waals surface area contributed by atoms with Gasteiger partial charge in [0.15, 0.2) is 6.61 Å². The van der Waals surface area contributed by atoms with E-state index in [-0.39, 0.29) is 17.0 Å². The lowest BCUT2D eigenvalue weighted by atomic mass is 10.1. The molecule has 0 bridgehead atoms. The van der Waals surface area contributed by atoms with Crippen molar-refractivity contribution >= 4 is 27.8 Å². The summed E-state index contributed by atoms with van der Waals surface area (Å²) in [6, 6.07) is 4.07. The molecular weight excluding hydrogens is 350 g/mol. The van der Waals surface area contributed by atoms with E-state index in [4.69, 9.17) is 4.74 Å². The van der Waals surface area contributed by atoms with Crippen molar-refractivity contribution in [2.45, 2.75) is 11.8 Å². The summed E-state index contributed by atoms with van der Waals surface area (Å²) in [5.74, 6) is -1.87. The number of aryl methyl sites for hydroxylation is 1. The maximum Gasteiger partial charge on any atom is 0.338 e. The third-order valence-electron chi connectivity index (χ3n) is 3.27. The maximum absolute atomic E-state index is 12.1. The monoisotopic (exact) mass is 371 g/mol. The standard InChI is InChI=1S/C15H21N3O6S/c1-10-5-6-11(25(22,23)18(3)4)7-12(10)15(21)24-9-14(20)17-8-13(19)16-2/h5-7H,8-9H2,1-4H3,(H,16,19)(H,17,20). The first kappa shape index (κ1) is 20.6. The minimum atomic E-state index is -3.70. The SMILES string of the molecule is CNC(=O)CNC(=O)COC(=O)c1cc(S(=O)(=O)N(C)C)ccc1C. The van der Waals surface area contributed by atoms with Gasteiger partial charge in [0, 0.05) is 21.1 Å². The Morgan fingerprint density at radius 3 is 2.36 bits per heavy atom. The quantitative estimate of drug-likeness (QED) is 0.609. The fourth-order valence-corrected chi connectivity index (χ4v) is 2.65. The molecule has 1 aromatic rings. The number of amides is 2. The Morgan fingerprint density at radius 1 is 1.16 bits per heavy atom. The molecule has 0 spiro atoms. The second-order valence-corrected chi connectivity index (χ2v) is 7.44. The van der Waals surface area contributed by atoms with Gasteiger partial charge in [-0.15, -0.1) is 0 Å². The van der Waals surface area contributed by atoms with Crippen molar-refractivity contribution in [3.05, 3.63) is 29.3 Å². The fraction of sp³-hybridized carbons (Fsp3) is 0.400. The number of likely N-dealkylation sites (N-methyl/N-ethyl adjacent to an activating group) is 1. The molecular formula is C15H21N3O6S. The summed E-state index contributed by atoms with van der Waals surface area (Å²) >= 11 is 0. The number of rotatable bonds is 7. The molecule has 0 heterocycles. The molecule has 138 valence electrons. The van der Waals surface area contributed by atoms with Gasteiger partial charge in [0.05, 0.1) is 17.0 Å². The number of nitrogens with zero attached hydrogens (tertiary/aromatic N) is 1. The number of hydrogen-bond donors (Lipinski definition) is 2. The van der Waals surface area contributed by atoms with Crippen LogP contribution in [-0.4, -0.2) is 64.8 Å². The zero-order valence-corrected chi connectivity index (χ0v) is 15.3. The van der Waals surface area contributed by atoms with Gasteiger partial charge in [-0.05, 0) is 24.6 Å². The predicted octanol–water partition coefficient (Wildman–Crippen LogP) is -0.736. The Balaban J connectivity index is 2.82. The highest BCUT2D eigenvalue weighted by Crippen LogP contribution is 2.18. The molecule has 0 aliphatic rings. The molecule has 10 heteroatoms. The first-order chi connectivity index (χ1) is 11.6. The number of carbonyl (C=O) groups is 3. The van der Waals surface area contributed by atoms with Gasteiger partial charge in [-0.25, -0.2) is 17.5 Å². The molecule has 9 nitrogen and oxygen atoms in total. The Kier molecular flexibility index (Phi) is 7.07. The molecule has 2 N–H and O–H groups in total. The summed E-state index contributed by atoms with van der Waals surface area (Å²) in [5, 5.41) is 4.60. The lowest BCUT2D eigenvalue weighted by molar-refractivity contribution is -0.127.